The number of nitrogens with one attached hydrogen (secondary N) is 2. The Labute approximate surface area is 51.7 Å². The van der Waals surface area contributed by atoms with Gasteiger partial charge in [-0.15, -0.1) is 0 Å². The minimum absolute atomic E-state index is 0. The van der Waals surface area contributed by atoms with Crippen molar-refractivity contribution in [3.05, 3.63) is 0 Å². The summed E-state index contributed by atoms with van der Waals surface area (Å²) in [4.78, 5) is 19.9. The molecular weight excluding hydrogens is 126 g/mol. The molecule has 4 amide bonds. The molecule has 0 saturated heterocycles. The molecule has 6 N–H and O–H groups in total. The van der Waals surface area contributed by atoms with E-state index in [-0.39, 0.29) is 5.48 Å². The molecule has 0 aromatic rings. The normalized spacial score (nSPS) is 6.78. The first-order chi connectivity index (χ1) is 3.66. The maximum absolute atomic E-state index is 10.1. The fraction of sp³-hybridized carbons (Fsp3) is 0.333. The molecule has 0 rings (SSSR count). The highest BCUT2D eigenvalue weighted by atomic mass is 16.2. The third kappa shape index (κ3) is 6.70. The topological polar surface area (TPSA) is 116 Å². The van der Waals surface area contributed by atoms with Crippen molar-refractivity contribution in [3.8, 4) is 0 Å². The maximum Gasteiger partial charge on any atom is 0.322 e. The molecule has 0 aliphatic rings. The van der Waals surface area contributed by atoms with Crippen LogP contribution in [-0.2, 0) is 0 Å². The molecule has 0 bridgehead atoms. The van der Waals surface area contributed by atoms with Crippen molar-refractivity contribution in [2.75, 3.05) is 7.05 Å². The van der Waals surface area contributed by atoms with E-state index in [1.807, 2.05) is 0 Å². The number of imide groups is 1. The number of carbonyl (C=O) groups is 2. The highest BCUT2D eigenvalue weighted by Crippen LogP contribution is 1.57. The number of primary amides is 1. The van der Waals surface area contributed by atoms with E-state index in [9.17, 15) is 9.59 Å². The van der Waals surface area contributed by atoms with Crippen LogP contribution < -0.4 is 16.4 Å². The molecule has 6 heteroatoms. The Balaban J connectivity index is 0. The summed E-state index contributed by atoms with van der Waals surface area (Å²) in [5.41, 5.74) is 4.56. The van der Waals surface area contributed by atoms with E-state index in [1.165, 1.54) is 7.05 Å². The molecular formula is C3H9N3O3. The first kappa shape index (κ1) is 10.6. The van der Waals surface area contributed by atoms with E-state index in [4.69, 9.17) is 0 Å². The lowest BCUT2D eigenvalue weighted by molar-refractivity contribution is 0.233. The van der Waals surface area contributed by atoms with Crippen LogP contribution in [0.1, 0.15) is 0 Å². The summed E-state index contributed by atoms with van der Waals surface area (Å²) in [6.07, 6.45) is 0. The van der Waals surface area contributed by atoms with Crippen LogP contribution in [0.15, 0.2) is 0 Å². The molecule has 0 aromatic heterocycles. The summed E-state index contributed by atoms with van der Waals surface area (Å²) >= 11 is 0. The Morgan fingerprint density at radius 2 is 1.89 bits per heavy atom. The second-order valence-corrected chi connectivity index (χ2v) is 1.07. The fourth-order valence-electron chi connectivity index (χ4n) is 0.174. The molecule has 0 atom stereocenters. The van der Waals surface area contributed by atoms with Gasteiger partial charge in [0.25, 0.3) is 0 Å². The third-order valence-electron chi connectivity index (χ3n) is 0.464. The van der Waals surface area contributed by atoms with Crippen LogP contribution in [0.25, 0.3) is 0 Å². The minimum atomic E-state index is -0.857. The van der Waals surface area contributed by atoms with E-state index >= 15 is 0 Å². The van der Waals surface area contributed by atoms with Gasteiger partial charge in [0.1, 0.15) is 0 Å². The molecule has 54 valence electrons. The fourth-order valence-corrected chi connectivity index (χ4v) is 0.174. The van der Waals surface area contributed by atoms with Crippen molar-refractivity contribution >= 4 is 12.1 Å². The zero-order valence-corrected chi connectivity index (χ0v) is 4.89. The molecule has 9 heavy (non-hydrogen) atoms. The minimum Gasteiger partial charge on any atom is -0.412 e. The largest absolute Gasteiger partial charge is 0.412 e. The van der Waals surface area contributed by atoms with Crippen molar-refractivity contribution in [1.82, 2.24) is 10.6 Å². The molecule has 0 fully saturated rings. The third-order valence-corrected chi connectivity index (χ3v) is 0.464. The Bertz CT molecular complexity index is 113. The van der Waals surface area contributed by atoms with E-state index in [0.717, 1.165) is 0 Å². The van der Waals surface area contributed by atoms with E-state index in [1.54, 1.807) is 5.32 Å². The van der Waals surface area contributed by atoms with Crippen molar-refractivity contribution < 1.29 is 15.1 Å². The van der Waals surface area contributed by atoms with Crippen LogP contribution in [0.4, 0.5) is 9.59 Å². The summed E-state index contributed by atoms with van der Waals surface area (Å²) in [6.45, 7) is 0. The quantitative estimate of drug-likeness (QED) is 0.362. The number of carbonyl (C=O) groups excluding carboxylic acids is 2. The maximum atomic E-state index is 10.1. The van der Waals surface area contributed by atoms with Crippen LogP contribution >= 0.6 is 0 Å². The van der Waals surface area contributed by atoms with Gasteiger partial charge in [-0.05, 0) is 0 Å². The van der Waals surface area contributed by atoms with E-state index < -0.39 is 12.1 Å². The van der Waals surface area contributed by atoms with Crippen LogP contribution in [0, 0.1) is 0 Å². The van der Waals surface area contributed by atoms with Crippen LogP contribution in [0.3, 0.4) is 0 Å². The lowest BCUT2D eigenvalue weighted by Crippen LogP contribution is -2.40. The number of urea groups is 2. The van der Waals surface area contributed by atoms with Crippen molar-refractivity contribution in [2.45, 2.75) is 0 Å². The van der Waals surface area contributed by atoms with E-state index in [2.05, 4.69) is 11.1 Å². The molecule has 0 spiro atoms. The second-order valence-electron chi connectivity index (χ2n) is 1.07. The van der Waals surface area contributed by atoms with Crippen molar-refractivity contribution in [2.24, 2.45) is 5.73 Å². The van der Waals surface area contributed by atoms with Gasteiger partial charge in [-0.3, -0.25) is 5.32 Å². The molecule has 0 heterocycles. The highest BCUT2D eigenvalue weighted by Gasteiger charge is 1.96. The summed E-state index contributed by atoms with van der Waals surface area (Å²) < 4.78 is 0. The monoisotopic (exact) mass is 135 g/mol. The first-order valence-electron chi connectivity index (χ1n) is 1.95. The van der Waals surface area contributed by atoms with Gasteiger partial charge in [0, 0.05) is 7.05 Å². The highest BCUT2D eigenvalue weighted by molar-refractivity contribution is 5.92. The average molecular weight is 135 g/mol. The van der Waals surface area contributed by atoms with Crippen LogP contribution in [0.2, 0.25) is 0 Å². The van der Waals surface area contributed by atoms with Gasteiger partial charge in [-0.25, -0.2) is 9.59 Å². The Morgan fingerprint density at radius 3 is 2.00 bits per heavy atom. The number of hydrogen-bond acceptors (Lipinski definition) is 2. The standard InChI is InChI=1S/C3H7N3O2.H2O/c1-5-3(8)6-2(4)7;/h1H3,(H4,4,5,6,7,8);1H2. The van der Waals surface area contributed by atoms with Crippen LogP contribution in [0.5, 0.6) is 0 Å². The van der Waals surface area contributed by atoms with E-state index in [0.29, 0.717) is 0 Å². The second kappa shape index (κ2) is 4.85. The zero-order chi connectivity index (χ0) is 6.57. The zero-order valence-electron chi connectivity index (χ0n) is 4.89. The van der Waals surface area contributed by atoms with Gasteiger partial charge in [-0.1, -0.05) is 0 Å². The predicted molar refractivity (Wildman–Crippen MR) is 30.8 cm³/mol. The van der Waals surface area contributed by atoms with Gasteiger partial charge in [0.2, 0.25) is 0 Å². The van der Waals surface area contributed by atoms with Crippen LogP contribution in [-0.4, -0.2) is 24.6 Å². The predicted octanol–water partition coefficient (Wildman–Crippen LogP) is -1.83. The smallest absolute Gasteiger partial charge is 0.322 e. The summed E-state index contributed by atoms with van der Waals surface area (Å²) in [6, 6.07) is -1.46. The Morgan fingerprint density at radius 1 is 1.44 bits per heavy atom. The molecule has 6 nitrogen and oxygen atoms in total. The molecule has 0 aliphatic heterocycles. The summed E-state index contributed by atoms with van der Waals surface area (Å²) in [7, 11) is 1.39. The lowest BCUT2D eigenvalue weighted by Gasteiger charge is -1.95. The summed E-state index contributed by atoms with van der Waals surface area (Å²) in [5.74, 6) is 0. The molecule has 0 radical (unpaired) electrons. The molecule has 0 aliphatic carbocycles. The summed E-state index contributed by atoms with van der Waals surface area (Å²) in [5, 5.41) is 3.93. The number of amides is 4. The lowest BCUT2D eigenvalue weighted by atomic mass is 10.9. The van der Waals surface area contributed by atoms with Gasteiger partial charge < -0.3 is 16.5 Å². The Hall–Kier alpha value is -1.30. The van der Waals surface area contributed by atoms with Gasteiger partial charge in [0.05, 0.1) is 0 Å². The van der Waals surface area contributed by atoms with Gasteiger partial charge >= 0.3 is 12.1 Å². The number of hydrogen-bond donors (Lipinski definition) is 3. The van der Waals surface area contributed by atoms with Crippen molar-refractivity contribution in [3.63, 3.8) is 0 Å². The number of nitrogens with two attached hydrogens (primary N) is 1. The number of rotatable bonds is 0. The SMILES string of the molecule is CNC(=O)NC(N)=O.O. The molecule has 0 saturated carbocycles. The van der Waals surface area contributed by atoms with Gasteiger partial charge in [0.15, 0.2) is 0 Å². The first-order valence-corrected chi connectivity index (χ1v) is 1.95. The molecule has 0 unspecified atom stereocenters. The molecule has 0 aromatic carbocycles. The Kier molecular flexibility index (Phi) is 5.73. The average Bonchev–Trinajstić information content (AvgIpc) is 1.65. The van der Waals surface area contributed by atoms with Crippen molar-refractivity contribution in [1.29, 1.82) is 0 Å². The van der Waals surface area contributed by atoms with Gasteiger partial charge in [-0.2, -0.15) is 0 Å².